The number of fused-ring (bicyclic) bond motifs is 12. The van der Waals surface area contributed by atoms with E-state index in [1.165, 1.54) is 0 Å². The molecule has 0 saturated heterocycles. The van der Waals surface area contributed by atoms with E-state index in [4.69, 9.17) is 18.8 Å². The molecule has 0 aliphatic carbocycles. The lowest BCUT2D eigenvalue weighted by Gasteiger charge is -2.09. The Labute approximate surface area is 297 Å². The van der Waals surface area contributed by atoms with Gasteiger partial charge in [0, 0.05) is 22.0 Å². The number of nitrogens with zero attached hydrogens (tertiary/aromatic N) is 6. The number of hydrogen-bond acceptors (Lipinski definition) is 4. The molecular formula is C44H34N6O2. The minimum Gasteiger partial charge on any atom is -0.438 e. The Hall–Kier alpha value is -6.80. The SMILES string of the molecule is C/C=c1\c(=C/C)oc2c1nc1n(-c3ccccc3)c3cc(-c4ccc5c(c4)n(-c4ccccc4)c4nc6c7ccccc7oc6n54)ccc3n21.CC. The number of aromatic nitrogens is 6. The number of hydrogen-bond donors (Lipinski definition) is 0. The molecule has 0 N–H and O–H groups in total. The lowest BCUT2D eigenvalue weighted by molar-refractivity contribution is 0.561. The molecule has 6 heterocycles. The molecule has 252 valence electrons. The molecule has 0 radical (unpaired) electrons. The zero-order valence-corrected chi connectivity index (χ0v) is 29.2. The van der Waals surface area contributed by atoms with Crippen molar-refractivity contribution in [1.82, 2.24) is 27.9 Å². The van der Waals surface area contributed by atoms with Gasteiger partial charge >= 0.3 is 0 Å². The van der Waals surface area contributed by atoms with Gasteiger partial charge in [0.15, 0.2) is 0 Å². The highest BCUT2D eigenvalue weighted by molar-refractivity contribution is 6.05. The summed E-state index contributed by atoms with van der Waals surface area (Å²) in [6, 6.07) is 42.1. The molecule has 0 unspecified atom stereocenters. The van der Waals surface area contributed by atoms with Crippen LogP contribution in [0.5, 0.6) is 0 Å². The third kappa shape index (κ3) is 4.03. The van der Waals surface area contributed by atoms with Crippen LogP contribution in [0.25, 0.3) is 102 Å². The topological polar surface area (TPSA) is 70.7 Å². The molecule has 11 aromatic rings. The van der Waals surface area contributed by atoms with Gasteiger partial charge in [-0.25, -0.2) is 18.8 Å². The van der Waals surface area contributed by atoms with Gasteiger partial charge in [0.25, 0.3) is 0 Å². The molecule has 11 rings (SSSR count). The summed E-state index contributed by atoms with van der Waals surface area (Å²) in [7, 11) is 0. The van der Waals surface area contributed by atoms with E-state index in [1.54, 1.807) is 0 Å². The fourth-order valence-corrected chi connectivity index (χ4v) is 7.71. The predicted octanol–water partition coefficient (Wildman–Crippen LogP) is 9.81. The molecule has 0 aliphatic heterocycles. The van der Waals surface area contributed by atoms with Crippen LogP contribution in [0, 0.1) is 0 Å². The summed E-state index contributed by atoms with van der Waals surface area (Å²) in [5.41, 5.74) is 13.2. The first-order valence-electron chi connectivity index (χ1n) is 17.8. The van der Waals surface area contributed by atoms with Crippen molar-refractivity contribution in [2.45, 2.75) is 27.7 Å². The highest BCUT2D eigenvalue weighted by Crippen LogP contribution is 2.37. The van der Waals surface area contributed by atoms with Gasteiger partial charge in [0.1, 0.15) is 22.0 Å². The maximum Gasteiger partial charge on any atom is 0.234 e. The Morgan fingerprint density at radius 1 is 0.519 bits per heavy atom. The van der Waals surface area contributed by atoms with Crippen LogP contribution in [0.1, 0.15) is 27.7 Å². The third-order valence-corrected chi connectivity index (χ3v) is 9.94. The number of benzene rings is 5. The lowest BCUT2D eigenvalue weighted by atomic mass is 10.0. The molecule has 0 aliphatic rings. The van der Waals surface area contributed by atoms with Crippen LogP contribution in [0.15, 0.2) is 130 Å². The molecule has 0 amide bonds. The van der Waals surface area contributed by atoms with Crippen molar-refractivity contribution in [2.24, 2.45) is 0 Å². The minimum atomic E-state index is 0.746. The zero-order chi connectivity index (χ0) is 35.1. The molecule has 6 aromatic heterocycles. The molecule has 0 fully saturated rings. The number of rotatable bonds is 3. The third-order valence-electron chi connectivity index (χ3n) is 9.94. The quantitative estimate of drug-likeness (QED) is 0.187. The van der Waals surface area contributed by atoms with Gasteiger partial charge in [-0.2, -0.15) is 0 Å². The van der Waals surface area contributed by atoms with Crippen molar-refractivity contribution in [3.63, 3.8) is 0 Å². The summed E-state index contributed by atoms with van der Waals surface area (Å²) < 4.78 is 21.6. The van der Waals surface area contributed by atoms with E-state index < -0.39 is 0 Å². The van der Waals surface area contributed by atoms with Crippen LogP contribution < -0.4 is 10.6 Å². The average molecular weight is 679 g/mol. The maximum absolute atomic E-state index is 6.42. The summed E-state index contributed by atoms with van der Waals surface area (Å²) in [5.74, 6) is 1.62. The molecule has 0 atom stereocenters. The largest absolute Gasteiger partial charge is 0.438 e. The van der Waals surface area contributed by atoms with Crippen molar-refractivity contribution in [2.75, 3.05) is 0 Å². The van der Waals surface area contributed by atoms with Crippen molar-refractivity contribution in [3.8, 4) is 22.5 Å². The first-order chi connectivity index (χ1) is 25.7. The average Bonchev–Trinajstić information content (AvgIpc) is 4.03. The summed E-state index contributed by atoms with van der Waals surface area (Å²) in [4.78, 5) is 10.3. The first-order valence-corrected chi connectivity index (χ1v) is 17.8. The standard InChI is InChI=1S/C42H28N6O2.C2H6/c1-3-29-35(4-2)49-39-37(29)43-41-45(27-13-7-5-8-14-27)33-23-25(19-21-31(33)47(39)41)26-20-22-32-34(24-26)46(28-15-9-6-10-16-28)42-44-38-30-17-11-12-18-36(30)50-40(38)48(32)42;1-2/h3-24H,1-2H3;1-2H3/b29-3+,35-4+;. The molecule has 8 nitrogen and oxygen atoms in total. The first kappa shape index (κ1) is 30.1. The highest BCUT2D eigenvalue weighted by atomic mass is 16.3. The van der Waals surface area contributed by atoms with Crippen molar-refractivity contribution < 1.29 is 8.83 Å². The maximum atomic E-state index is 6.42. The van der Waals surface area contributed by atoms with Crippen LogP contribution >= 0.6 is 0 Å². The van der Waals surface area contributed by atoms with Crippen LogP contribution in [0.3, 0.4) is 0 Å². The molecule has 0 spiro atoms. The normalized spacial score (nSPS) is 12.8. The van der Waals surface area contributed by atoms with Gasteiger partial charge in [0.2, 0.25) is 23.0 Å². The summed E-state index contributed by atoms with van der Waals surface area (Å²) in [5, 5.41) is 2.02. The molecular weight excluding hydrogens is 645 g/mol. The fraction of sp³-hybridized carbons (Fsp3) is 0.0909. The Kier molecular flexibility index (Phi) is 6.57. The van der Waals surface area contributed by atoms with E-state index in [2.05, 4.69) is 115 Å². The second-order valence-electron chi connectivity index (χ2n) is 12.6. The molecule has 0 bridgehead atoms. The second-order valence-corrected chi connectivity index (χ2v) is 12.6. The lowest BCUT2D eigenvalue weighted by Crippen LogP contribution is -2.19. The van der Waals surface area contributed by atoms with Gasteiger partial charge in [-0.15, -0.1) is 0 Å². The zero-order valence-electron chi connectivity index (χ0n) is 29.2. The Morgan fingerprint density at radius 3 is 1.60 bits per heavy atom. The monoisotopic (exact) mass is 678 g/mol. The van der Waals surface area contributed by atoms with Gasteiger partial charge in [0.05, 0.1) is 22.1 Å². The van der Waals surface area contributed by atoms with Crippen LogP contribution in [0.4, 0.5) is 0 Å². The smallest absolute Gasteiger partial charge is 0.234 e. The highest BCUT2D eigenvalue weighted by Gasteiger charge is 2.24. The van der Waals surface area contributed by atoms with Crippen LogP contribution in [0.2, 0.25) is 0 Å². The summed E-state index contributed by atoms with van der Waals surface area (Å²) in [6.45, 7) is 8.02. The molecule has 5 aromatic carbocycles. The van der Waals surface area contributed by atoms with Crippen molar-refractivity contribution in [1.29, 1.82) is 0 Å². The van der Waals surface area contributed by atoms with Crippen LogP contribution in [-0.2, 0) is 0 Å². The van der Waals surface area contributed by atoms with E-state index in [-0.39, 0.29) is 0 Å². The molecule has 52 heavy (non-hydrogen) atoms. The minimum absolute atomic E-state index is 0.746. The Morgan fingerprint density at radius 2 is 1.04 bits per heavy atom. The van der Waals surface area contributed by atoms with Gasteiger partial charge in [-0.1, -0.05) is 80.6 Å². The van der Waals surface area contributed by atoms with Crippen molar-refractivity contribution >= 4 is 79.2 Å². The van der Waals surface area contributed by atoms with Gasteiger partial charge < -0.3 is 8.83 Å². The van der Waals surface area contributed by atoms with E-state index >= 15 is 0 Å². The second kappa shape index (κ2) is 11.4. The van der Waals surface area contributed by atoms with Gasteiger partial charge in [-0.3, -0.25) is 9.13 Å². The molecule has 0 saturated carbocycles. The van der Waals surface area contributed by atoms with E-state index in [0.29, 0.717) is 0 Å². The fourth-order valence-electron chi connectivity index (χ4n) is 7.71. The van der Waals surface area contributed by atoms with E-state index in [9.17, 15) is 0 Å². The van der Waals surface area contributed by atoms with E-state index in [1.807, 2.05) is 64.1 Å². The van der Waals surface area contributed by atoms with Gasteiger partial charge in [-0.05, 0) is 91.7 Å². The number of imidazole rings is 4. The number of furan rings is 2. The van der Waals surface area contributed by atoms with E-state index in [0.717, 1.165) is 100 Å². The predicted molar refractivity (Wildman–Crippen MR) is 211 cm³/mol. The number of para-hydroxylation sites is 3. The summed E-state index contributed by atoms with van der Waals surface area (Å²) in [6.07, 6.45) is 4.06. The van der Waals surface area contributed by atoms with Crippen LogP contribution in [-0.4, -0.2) is 27.9 Å². The Balaban J connectivity index is 0.00000166. The van der Waals surface area contributed by atoms with Crippen molar-refractivity contribution in [3.05, 3.63) is 132 Å². The molecule has 8 heteroatoms. The Bertz CT molecular complexity index is 3280. The summed E-state index contributed by atoms with van der Waals surface area (Å²) >= 11 is 0.